The Labute approximate surface area is 160 Å². The van der Waals surface area contributed by atoms with Gasteiger partial charge in [-0.25, -0.2) is 4.79 Å². The van der Waals surface area contributed by atoms with E-state index in [1.54, 1.807) is 13.0 Å². The molecule has 0 saturated carbocycles. The van der Waals surface area contributed by atoms with Gasteiger partial charge in [0.05, 0.1) is 18.2 Å². The molecule has 6 nitrogen and oxygen atoms in total. The molecule has 1 atom stereocenters. The van der Waals surface area contributed by atoms with Crippen molar-refractivity contribution < 1.29 is 27.8 Å². The summed E-state index contributed by atoms with van der Waals surface area (Å²) in [6, 6.07) is 5.08. The molecule has 0 unspecified atom stereocenters. The van der Waals surface area contributed by atoms with Gasteiger partial charge >= 0.3 is 12.6 Å². The van der Waals surface area contributed by atoms with Crippen LogP contribution in [-0.2, 0) is 14.3 Å². The Morgan fingerprint density at radius 1 is 1.26 bits per heavy atom. The van der Waals surface area contributed by atoms with Crippen LogP contribution in [0.25, 0.3) is 0 Å². The average molecular weight is 398 g/mol. The number of carbonyl (C=O) groups is 2. The maximum atomic E-state index is 12.8. The van der Waals surface area contributed by atoms with E-state index in [1.165, 1.54) is 18.2 Å². The highest BCUT2D eigenvalue weighted by molar-refractivity contribution is 7.80. The summed E-state index contributed by atoms with van der Waals surface area (Å²) in [5, 5.41) is 5.96. The van der Waals surface area contributed by atoms with Crippen molar-refractivity contribution in [2.75, 3.05) is 6.61 Å². The first kappa shape index (κ1) is 20.8. The minimum Gasteiger partial charge on any atom is -0.460 e. The van der Waals surface area contributed by atoms with Crippen LogP contribution in [0.15, 0.2) is 35.5 Å². The van der Waals surface area contributed by atoms with E-state index in [4.69, 9.17) is 17.0 Å². The highest BCUT2D eigenvalue weighted by atomic mass is 32.1. The van der Waals surface area contributed by atoms with Crippen molar-refractivity contribution in [1.29, 1.82) is 0 Å². The molecule has 1 heterocycles. The molecule has 0 amide bonds. The molecule has 9 heteroatoms. The van der Waals surface area contributed by atoms with E-state index < -0.39 is 24.4 Å². The average Bonchev–Trinajstić information content (AvgIpc) is 2.60. The maximum absolute atomic E-state index is 12.8. The molecular weight excluding hydrogens is 378 g/mol. The summed E-state index contributed by atoms with van der Waals surface area (Å²) in [7, 11) is 0. The molecule has 2 N–H and O–H groups in total. The normalized spacial score (nSPS) is 16.9. The Balaban J connectivity index is 2.62. The Kier molecular flexibility index (Phi) is 6.84. The summed E-state index contributed by atoms with van der Waals surface area (Å²) in [5.41, 5.74) is 0.739. The molecule has 0 radical (unpaired) electrons. The van der Waals surface area contributed by atoms with Crippen LogP contribution in [0, 0.1) is 5.92 Å². The molecular formula is C18H20F2N2O4S. The van der Waals surface area contributed by atoms with Gasteiger partial charge in [-0.05, 0) is 31.1 Å². The van der Waals surface area contributed by atoms with E-state index in [0.29, 0.717) is 5.70 Å². The number of halogens is 2. The van der Waals surface area contributed by atoms with Gasteiger partial charge in [-0.15, -0.1) is 0 Å². The molecule has 27 heavy (non-hydrogen) atoms. The molecule has 0 bridgehead atoms. The molecule has 0 aliphatic carbocycles. The predicted molar refractivity (Wildman–Crippen MR) is 98.2 cm³/mol. The first-order chi connectivity index (χ1) is 12.8. The van der Waals surface area contributed by atoms with Crippen molar-refractivity contribution in [3.8, 4) is 5.75 Å². The lowest BCUT2D eigenvalue weighted by Crippen LogP contribution is -2.47. The summed E-state index contributed by atoms with van der Waals surface area (Å²) < 4.78 is 35.0. The molecule has 1 aliphatic heterocycles. The number of ketones is 1. The lowest BCUT2D eigenvalue weighted by molar-refractivity contribution is -0.152. The quantitative estimate of drug-likeness (QED) is 0.416. The minimum atomic E-state index is -3.04. The number of rotatable bonds is 7. The van der Waals surface area contributed by atoms with E-state index in [2.05, 4.69) is 15.4 Å². The first-order valence-electron chi connectivity index (χ1n) is 8.33. The standard InChI is InChI=1S/C18H20F2N2O4S/c1-4-25-16(24)15(23)12-13(9(2)3)21-18(27)22-14(12)10-7-5-6-8-11(10)26-17(19)20/h5-9,14,17H,4H2,1-3H3,(H2,21,22,27)/t14-/m0/s1. The summed E-state index contributed by atoms with van der Waals surface area (Å²) in [6.45, 7) is 2.20. The number of hydrogen-bond acceptors (Lipinski definition) is 5. The van der Waals surface area contributed by atoms with Gasteiger partial charge in [-0.1, -0.05) is 32.0 Å². The third-order valence-electron chi connectivity index (χ3n) is 3.83. The molecule has 0 spiro atoms. The predicted octanol–water partition coefficient (Wildman–Crippen LogP) is 2.85. The molecule has 1 aromatic rings. The van der Waals surface area contributed by atoms with Gasteiger partial charge in [-0.2, -0.15) is 8.78 Å². The van der Waals surface area contributed by atoms with Crippen molar-refractivity contribution in [2.24, 2.45) is 5.92 Å². The van der Waals surface area contributed by atoms with E-state index in [9.17, 15) is 18.4 Å². The van der Waals surface area contributed by atoms with Crippen molar-refractivity contribution >= 4 is 29.1 Å². The fourth-order valence-electron chi connectivity index (χ4n) is 2.76. The van der Waals surface area contributed by atoms with Gasteiger partial charge < -0.3 is 20.1 Å². The lowest BCUT2D eigenvalue weighted by Gasteiger charge is -2.33. The minimum absolute atomic E-state index is 0.0316. The van der Waals surface area contributed by atoms with Crippen LogP contribution >= 0.6 is 12.2 Å². The monoisotopic (exact) mass is 398 g/mol. The van der Waals surface area contributed by atoms with Crippen LogP contribution in [0.1, 0.15) is 32.4 Å². The summed E-state index contributed by atoms with van der Waals surface area (Å²) in [4.78, 5) is 24.9. The zero-order valence-electron chi connectivity index (χ0n) is 15.0. The van der Waals surface area contributed by atoms with Crippen LogP contribution in [0.3, 0.4) is 0 Å². The summed E-state index contributed by atoms with van der Waals surface area (Å²) >= 11 is 5.19. The third kappa shape index (κ3) is 4.79. The number of nitrogens with one attached hydrogen (secondary N) is 2. The first-order valence-corrected chi connectivity index (χ1v) is 8.73. The highest BCUT2D eigenvalue weighted by Crippen LogP contribution is 2.35. The smallest absolute Gasteiger partial charge is 0.387 e. The van der Waals surface area contributed by atoms with Gasteiger partial charge in [-0.3, -0.25) is 4.79 Å². The molecule has 146 valence electrons. The molecule has 0 fully saturated rings. The number of Topliss-reactive ketones (excluding diaryl/α,β-unsaturated/α-hetero) is 1. The lowest BCUT2D eigenvalue weighted by atomic mass is 9.88. The van der Waals surface area contributed by atoms with Gasteiger partial charge in [0.2, 0.25) is 0 Å². The van der Waals surface area contributed by atoms with Gasteiger partial charge in [0.15, 0.2) is 5.11 Å². The number of esters is 1. The van der Waals surface area contributed by atoms with Gasteiger partial charge in [0.1, 0.15) is 5.75 Å². The van der Waals surface area contributed by atoms with E-state index in [0.717, 1.165) is 0 Å². The molecule has 2 rings (SSSR count). The number of benzene rings is 1. The second kappa shape index (κ2) is 8.90. The number of ether oxygens (including phenoxy) is 2. The molecule has 1 aliphatic rings. The topological polar surface area (TPSA) is 76.7 Å². The fraction of sp³-hybridized carbons (Fsp3) is 0.389. The maximum Gasteiger partial charge on any atom is 0.387 e. The third-order valence-corrected chi connectivity index (χ3v) is 4.05. The number of hydrogen-bond donors (Lipinski definition) is 2. The molecule has 1 aromatic carbocycles. The Bertz CT molecular complexity index is 780. The summed E-state index contributed by atoms with van der Waals surface area (Å²) in [6.07, 6.45) is 0. The Morgan fingerprint density at radius 3 is 2.52 bits per heavy atom. The van der Waals surface area contributed by atoms with Crippen molar-refractivity contribution in [3.63, 3.8) is 0 Å². The van der Waals surface area contributed by atoms with Crippen molar-refractivity contribution in [2.45, 2.75) is 33.4 Å². The van der Waals surface area contributed by atoms with E-state index >= 15 is 0 Å². The van der Waals surface area contributed by atoms with Crippen LogP contribution in [0.4, 0.5) is 8.78 Å². The van der Waals surface area contributed by atoms with Crippen molar-refractivity contribution in [1.82, 2.24) is 10.6 Å². The van der Waals surface area contributed by atoms with Gasteiger partial charge in [0, 0.05) is 11.3 Å². The Hall–Kier alpha value is -2.55. The second-order valence-corrected chi connectivity index (χ2v) is 6.39. The van der Waals surface area contributed by atoms with Crippen LogP contribution in [0.2, 0.25) is 0 Å². The highest BCUT2D eigenvalue weighted by Gasteiger charge is 2.37. The number of thiocarbonyl (C=S) groups is 1. The SMILES string of the molecule is CCOC(=O)C(=O)C1=C(C(C)C)NC(=S)N[C@H]1c1ccccc1OC(F)F. The van der Waals surface area contributed by atoms with Crippen LogP contribution in [0.5, 0.6) is 5.75 Å². The largest absolute Gasteiger partial charge is 0.460 e. The number of alkyl halides is 2. The number of para-hydroxylation sites is 1. The zero-order chi connectivity index (χ0) is 20.1. The van der Waals surface area contributed by atoms with Crippen LogP contribution < -0.4 is 15.4 Å². The second-order valence-electron chi connectivity index (χ2n) is 5.98. The van der Waals surface area contributed by atoms with E-state index in [-0.39, 0.29) is 34.5 Å². The van der Waals surface area contributed by atoms with Crippen LogP contribution in [-0.4, -0.2) is 30.1 Å². The Morgan fingerprint density at radius 2 is 1.93 bits per heavy atom. The zero-order valence-corrected chi connectivity index (χ0v) is 15.9. The molecule has 0 saturated heterocycles. The number of carbonyl (C=O) groups excluding carboxylic acids is 2. The van der Waals surface area contributed by atoms with Crippen molar-refractivity contribution in [3.05, 3.63) is 41.1 Å². The van der Waals surface area contributed by atoms with E-state index in [1.807, 2.05) is 13.8 Å². The van der Waals surface area contributed by atoms with Gasteiger partial charge in [0.25, 0.3) is 5.78 Å². The molecule has 0 aromatic heterocycles. The number of allylic oxidation sites excluding steroid dienone is 1. The summed E-state index contributed by atoms with van der Waals surface area (Å²) in [5.74, 6) is -2.21. The fourth-order valence-corrected chi connectivity index (χ4v) is 2.98.